The Morgan fingerprint density at radius 2 is 2.25 bits per heavy atom. The van der Waals surface area contributed by atoms with Crippen LogP contribution in [-0.4, -0.2) is 17.6 Å². The van der Waals surface area contributed by atoms with Gasteiger partial charge in [-0.25, -0.2) is 4.79 Å². The molecule has 3 nitrogen and oxygen atoms in total. The molecule has 0 aromatic carbocycles. The second kappa shape index (κ2) is 3.43. The Morgan fingerprint density at radius 1 is 1.58 bits per heavy atom. The van der Waals surface area contributed by atoms with Crippen molar-refractivity contribution in [3.63, 3.8) is 0 Å². The summed E-state index contributed by atoms with van der Waals surface area (Å²) < 4.78 is 6.55. The molecule has 0 atom stereocenters. The van der Waals surface area contributed by atoms with Gasteiger partial charge in [-0.1, -0.05) is 0 Å². The van der Waals surface area contributed by atoms with Crippen LogP contribution in [0, 0.1) is 6.92 Å². The summed E-state index contributed by atoms with van der Waals surface area (Å²) >= 11 is 0. The Kier molecular flexibility index (Phi) is 2.53. The highest BCUT2D eigenvalue weighted by molar-refractivity contribution is 5.87. The van der Waals surface area contributed by atoms with E-state index in [1.54, 1.807) is 6.07 Å². The van der Waals surface area contributed by atoms with Crippen LogP contribution < -0.4 is 0 Å². The average molecular weight is 167 g/mol. The topological polar surface area (TPSA) is 31.2 Å². The quantitative estimate of drug-likeness (QED) is 0.626. The molecule has 0 N–H and O–H groups in total. The van der Waals surface area contributed by atoms with Gasteiger partial charge in [-0.3, -0.25) is 0 Å². The van der Waals surface area contributed by atoms with Crippen LogP contribution in [0.4, 0.5) is 0 Å². The summed E-state index contributed by atoms with van der Waals surface area (Å²) in [4.78, 5) is 11.2. The van der Waals surface area contributed by atoms with Crippen LogP contribution in [0.3, 0.4) is 0 Å². The molecule has 0 aliphatic rings. The number of hydrogen-bond acceptors (Lipinski definition) is 2. The summed E-state index contributed by atoms with van der Waals surface area (Å²) in [6.07, 6.45) is 0. The molecule has 1 aromatic heterocycles. The van der Waals surface area contributed by atoms with Gasteiger partial charge in [0.1, 0.15) is 5.69 Å². The lowest BCUT2D eigenvalue weighted by molar-refractivity contribution is 0.0588. The third kappa shape index (κ3) is 1.35. The minimum Gasteiger partial charge on any atom is -0.464 e. The van der Waals surface area contributed by atoms with Crippen molar-refractivity contribution in [3.8, 4) is 0 Å². The molecule has 12 heavy (non-hydrogen) atoms. The first-order valence-electron chi connectivity index (χ1n) is 3.95. The van der Waals surface area contributed by atoms with Crippen molar-refractivity contribution >= 4 is 5.97 Å². The fourth-order valence-corrected chi connectivity index (χ4v) is 1.27. The van der Waals surface area contributed by atoms with Crippen molar-refractivity contribution in [1.29, 1.82) is 0 Å². The maximum absolute atomic E-state index is 11.2. The molecule has 0 fully saturated rings. The molecule has 0 aliphatic heterocycles. The highest BCUT2D eigenvalue weighted by Gasteiger charge is 2.11. The highest BCUT2D eigenvalue weighted by atomic mass is 16.5. The smallest absolute Gasteiger partial charge is 0.354 e. The van der Waals surface area contributed by atoms with Gasteiger partial charge in [0, 0.05) is 12.2 Å². The van der Waals surface area contributed by atoms with Crippen molar-refractivity contribution in [2.24, 2.45) is 0 Å². The van der Waals surface area contributed by atoms with E-state index in [9.17, 15) is 4.79 Å². The van der Waals surface area contributed by atoms with Crippen molar-refractivity contribution in [2.45, 2.75) is 20.4 Å². The third-order valence-electron chi connectivity index (χ3n) is 1.91. The first-order valence-corrected chi connectivity index (χ1v) is 3.95. The molecule has 1 aromatic rings. The Morgan fingerprint density at radius 3 is 2.75 bits per heavy atom. The zero-order valence-corrected chi connectivity index (χ0v) is 7.63. The standard InChI is InChI=1S/C9H13NO2/c1-4-10-7(2)5-6-8(10)9(11)12-3/h5-6H,4H2,1-3H3. The maximum atomic E-state index is 11.2. The molecule has 1 heterocycles. The normalized spacial score (nSPS) is 9.92. The van der Waals surface area contributed by atoms with E-state index in [-0.39, 0.29) is 5.97 Å². The third-order valence-corrected chi connectivity index (χ3v) is 1.91. The van der Waals surface area contributed by atoms with Gasteiger partial charge < -0.3 is 9.30 Å². The summed E-state index contributed by atoms with van der Waals surface area (Å²) in [7, 11) is 1.39. The second-order valence-corrected chi connectivity index (χ2v) is 2.60. The molecule has 3 heteroatoms. The number of rotatable bonds is 2. The largest absolute Gasteiger partial charge is 0.464 e. The number of carbonyl (C=O) groups excluding carboxylic acids is 1. The molecule has 0 unspecified atom stereocenters. The van der Waals surface area contributed by atoms with E-state index in [2.05, 4.69) is 4.74 Å². The van der Waals surface area contributed by atoms with Crippen LogP contribution in [0.15, 0.2) is 12.1 Å². The minimum atomic E-state index is -0.273. The maximum Gasteiger partial charge on any atom is 0.354 e. The number of carbonyl (C=O) groups is 1. The molecule has 0 saturated heterocycles. The van der Waals surface area contributed by atoms with E-state index in [0.29, 0.717) is 5.69 Å². The molecule has 0 bridgehead atoms. The van der Waals surface area contributed by atoms with Gasteiger partial charge in [-0.2, -0.15) is 0 Å². The lowest BCUT2D eigenvalue weighted by Crippen LogP contribution is -2.10. The van der Waals surface area contributed by atoms with E-state index >= 15 is 0 Å². The summed E-state index contributed by atoms with van der Waals surface area (Å²) in [6.45, 7) is 4.76. The van der Waals surface area contributed by atoms with Crippen LogP contribution in [0.25, 0.3) is 0 Å². The highest BCUT2D eigenvalue weighted by Crippen LogP contribution is 2.08. The average Bonchev–Trinajstić information content (AvgIpc) is 2.45. The molecular weight excluding hydrogens is 154 g/mol. The Balaban J connectivity index is 3.07. The van der Waals surface area contributed by atoms with Gasteiger partial charge in [0.15, 0.2) is 0 Å². The SMILES string of the molecule is CCn1c(C)ccc1C(=O)OC. The van der Waals surface area contributed by atoms with Gasteiger partial charge >= 0.3 is 5.97 Å². The predicted molar refractivity (Wildman–Crippen MR) is 46.2 cm³/mol. The Hall–Kier alpha value is -1.25. The summed E-state index contributed by atoms with van der Waals surface area (Å²) in [5, 5.41) is 0. The lowest BCUT2D eigenvalue weighted by atomic mass is 10.4. The zero-order chi connectivity index (χ0) is 9.14. The number of aryl methyl sites for hydroxylation is 1. The van der Waals surface area contributed by atoms with E-state index in [1.165, 1.54) is 7.11 Å². The van der Waals surface area contributed by atoms with Crippen LogP contribution in [0.2, 0.25) is 0 Å². The number of nitrogens with zero attached hydrogens (tertiary/aromatic N) is 1. The van der Waals surface area contributed by atoms with Crippen molar-refractivity contribution in [1.82, 2.24) is 4.57 Å². The fourth-order valence-electron chi connectivity index (χ4n) is 1.27. The van der Waals surface area contributed by atoms with Gasteiger partial charge in [0.05, 0.1) is 7.11 Å². The van der Waals surface area contributed by atoms with Crippen LogP contribution >= 0.6 is 0 Å². The molecule has 0 amide bonds. The first kappa shape index (κ1) is 8.84. The lowest BCUT2D eigenvalue weighted by Gasteiger charge is -2.05. The summed E-state index contributed by atoms with van der Waals surface area (Å²) in [6, 6.07) is 3.69. The van der Waals surface area contributed by atoms with Gasteiger partial charge in [-0.05, 0) is 26.0 Å². The van der Waals surface area contributed by atoms with Gasteiger partial charge in [-0.15, -0.1) is 0 Å². The van der Waals surface area contributed by atoms with Crippen molar-refractivity contribution < 1.29 is 9.53 Å². The molecule has 0 saturated carbocycles. The van der Waals surface area contributed by atoms with E-state index in [1.807, 2.05) is 24.5 Å². The Bertz CT molecular complexity index is 289. The Labute approximate surface area is 72.0 Å². The number of aromatic nitrogens is 1. The van der Waals surface area contributed by atoms with E-state index in [0.717, 1.165) is 12.2 Å². The number of esters is 1. The van der Waals surface area contributed by atoms with Crippen molar-refractivity contribution in [3.05, 3.63) is 23.5 Å². The zero-order valence-electron chi connectivity index (χ0n) is 7.63. The van der Waals surface area contributed by atoms with Gasteiger partial charge in [0.2, 0.25) is 0 Å². The van der Waals surface area contributed by atoms with Crippen molar-refractivity contribution in [2.75, 3.05) is 7.11 Å². The predicted octanol–water partition coefficient (Wildman–Crippen LogP) is 1.60. The molecule has 0 spiro atoms. The monoisotopic (exact) mass is 167 g/mol. The summed E-state index contributed by atoms with van der Waals surface area (Å²) in [5.41, 5.74) is 1.70. The first-order chi connectivity index (χ1) is 5.70. The second-order valence-electron chi connectivity index (χ2n) is 2.60. The minimum absolute atomic E-state index is 0.273. The van der Waals surface area contributed by atoms with E-state index < -0.39 is 0 Å². The van der Waals surface area contributed by atoms with E-state index in [4.69, 9.17) is 0 Å². The van der Waals surface area contributed by atoms with Crippen LogP contribution in [-0.2, 0) is 11.3 Å². The van der Waals surface area contributed by atoms with Gasteiger partial charge in [0.25, 0.3) is 0 Å². The number of methoxy groups -OCH3 is 1. The molecule has 66 valence electrons. The van der Waals surface area contributed by atoms with Crippen LogP contribution in [0.5, 0.6) is 0 Å². The number of hydrogen-bond donors (Lipinski definition) is 0. The molecule has 1 rings (SSSR count). The fraction of sp³-hybridized carbons (Fsp3) is 0.444. The summed E-state index contributed by atoms with van der Waals surface area (Å²) in [5.74, 6) is -0.273. The molecule has 0 aliphatic carbocycles. The molecular formula is C9H13NO2. The van der Waals surface area contributed by atoms with Crippen LogP contribution in [0.1, 0.15) is 23.1 Å². The number of ether oxygens (including phenoxy) is 1. The molecule has 0 radical (unpaired) electrons.